The molecule has 2 rings (SSSR count). The first-order chi connectivity index (χ1) is 6.40. The maximum Gasteiger partial charge on any atom is 0.0856 e. The van der Waals surface area contributed by atoms with Crippen molar-refractivity contribution in [1.29, 1.82) is 0 Å². The van der Waals surface area contributed by atoms with Crippen LogP contribution in [0.4, 0.5) is 0 Å². The Morgan fingerprint density at radius 1 is 1.08 bits per heavy atom. The van der Waals surface area contributed by atoms with E-state index in [-0.39, 0.29) is 0 Å². The molecule has 0 N–H and O–H groups in total. The molecule has 0 saturated carbocycles. The van der Waals surface area contributed by atoms with Crippen molar-refractivity contribution in [3.63, 3.8) is 0 Å². The highest BCUT2D eigenvalue weighted by atomic mass is 35.5. The van der Waals surface area contributed by atoms with Crippen LogP contribution in [0.15, 0.2) is 36.7 Å². The van der Waals surface area contributed by atoms with Crippen LogP contribution in [-0.4, -0.2) is 15.0 Å². The van der Waals surface area contributed by atoms with E-state index in [0.29, 0.717) is 5.88 Å². The van der Waals surface area contributed by atoms with Gasteiger partial charge < -0.3 is 0 Å². The van der Waals surface area contributed by atoms with Gasteiger partial charge in [-0.15, -0.1) is 11.6 Å². The first-order valence-corrected chi connectivity index (χ1v) is 4.45. The van der Waals surface area contributed by atoms with Crippen LogP contribution in [0.5, 0.6) is 0 Å². The van der Waals surface area contributed by atoms with E-state index in [4.69, 9.17) is 11.6 Å². The fourth-order valence-corrected chi connectivity index (χ4v) is 1.25. The molecular formula is C9H8ClN3. The van der Waals surface area contributed by atoms with Crippen molar-refractivity contribution >= 4 is 11.6 Å². The highest BCUT2D eigenvalue weighted by Crippen LogP contribution is 2.08. The Labute approximate surface area is 81.0 Å². The average Bonchev–Trinajstić information content (AvgIpc) is 2.71. The second-order valence-corrected chi connectivity index (χ2v) is 2.89. The molecule has 0 amide bonds. The monoisotopic (exact) mass is 193 g/mol. The van der Waals surface area contributed by atoms with E-state index in [2.05, 4.69) is 10.2 Å². The third-order valence-corrected chi connectivity index (χ3v) is 2.05. The highest BCUT2D eigenvalue weighted by Gasteiger charge is 1.96. The maximum absolute atomic E-state index is 5.67. The molecule has 0 bridgehead atoms. The standard InChI is InChI=1S/C9H8ClN3/c10-7-8-1-3-9(4-2-8)13-11-5-6-12-13/h1-6H,7H2. The third kappa shape index (κ3) is 1.70. The summed E-state index contributed by atoms with van der Waals surface area (Å²) in [6, 6.07) is 7.81. The summed E-state index contributed by atoms with van der Waals surface area (Å²) in [6.07, 6.45) is 3.30. The van der Waals surface area contributed by atoms with Gasteiger partial charge in [0.1, 0.15) is 0 Å². The zero-order chi connectivity index (χ0) is 9.10. The van der Waals surface area contributed by atoms with E-state index in [1.54, 1.807) is 17.2 Å². The van der Waals surface area contributed by atoms with Gasteiger partial charge in [-0.25, -0.2) is 0 Å². The minimum Gasteiger partial charge on any atom is -0.157 e. The van der Waals surface area contributed by atoms with Crippen molar-refractivity contribution in [3.05, 3.63) is 42.2 Å². The minimum atomic E-state index is 0.535. The lowest BCUT2D eigenvalue weighted by molar-refractivity contribution is 0.752. The molecule has 0 spiro atoms. The molecule has 0 saturated heterocycles. The van der Waals surface area contributed by atoms with Crippen LogP contribution >= 0.6 is 11.6 Å². The lowest BCUT2D eigenvalue weighted by atomic mass is 10.2. The van der Waals surface area contributed by atoms with E-state index in [1.165, 1.54) is 0 Å². The van der Waals surface area contributed by atoms with E-state index in [9.17, 15) is 0 Å². The molecule has 4 heteroatoms. The number of halogens is 1. The van der Waals surface area contributed by atoms with Crippen LogP contribution < -0.4 is 0 Å². The molecular weight excluding hydrogens is 186 g/mol. The van der Waals surface area contributed by atoms with E-state index < -0.39 is 0 Å². The lowest BCUT2D eigenvalue weighted by Gasteiger charge is -1.99. The van der Waals surface area contributed by atoms with Crippen molar-refractivity contribution in [3.8, 4) is 5.69 Å². The van der Waals surface area contributed by atoms with Gasteiger partial charge in [-0.1, -0.05) is 12.1 Å². The van der Waals surface area contributed by atoms with Crippen LogP contribution in [0.25, 0.3) is 5.69 Å². The average molecular weight is 194 g/mol. The van der Waals surface area contributed by atoms with Crippen LogP contribution in [0, 0.1) is 0 Å². The first kappa shape index (κ1) is 8.26. The molecule has 13 heavy (non-hydrogen) atoms. The van der Waals surface area contributed by atoms with Crippen molar-refractivity contribution in [2.45, 2.75) is 5.88 Å². The van der Waals surface area contributed by atoms with Crippen LogP contribution in [0.1, 0.15) is 5.56 Å². The van der Waals surface area contributed by atoms with Crippen molar-refractivity contribution in [1.82, 2.24) is 15.0 Å². The van der Waals surface area contributed by atoms with Gasteiger partial charge in [-0.2, -0.15) is 15.0 Å². The number of aromatic nitrogens is 3. The van der Waals surface area contributed by atoms with Gasteiger partial charge >= 0.3 is 0 Å². The Morgan fingerprint density at radius 2 is 1.69 bits per heavy atom. The SMILES string of the molecule is ClCc1ccc(-n2nccn2)cc1. The zero-order valence-electron chi connectivity index (χ0n) is 6.89. The molecule has 1 aromatic carbocycles. The smallest absolute Gasteiger partial charge is 0.0856 e. The summed E-state index contributed by atoms with van der Waals surface area (Å²) in [4.78, 5) is 1.57. The minimum absolute atomic E-state index is 0.535. The van der Waals surface area contributed by atoms with Crippen LogP contribution in [0.3, 0.4) is 0 Å². The Balaban J connectivity index is 2.33. The molecule has 0 aliphatic heterocycles. The first-order valence-electron chi connectivity index (χ1n) is 3.92. The predicted octanol–water partition coefficient (Wildman–Crippen LogP) is 2.01. The number of hydrogen-bond donors (Lipinski definition) is 0. The van der Waals surface area contributed by atoms with Gasteiger partial charge in [-0.3, -0.25) is 0 Å². The summed E-state index contributed by atoms with van der Waals surface area (Å²) < 4.78 is 0. The fourth-order valence-electron chi connectivity index (χ4n) is 1.07. The molecule has 0 radical (unpaired) electrons. The van der Waals surface area contributed by atoms with Crippen molar-refractivity contribution in [2.75, 3.05) is 0 Å². The molecule has 66 valence electrons. The van der Waals surface area contributed by atoms with Gasteiger partial charge in [0.25, 0.3) is 0 Å². The van der Waals surface area contributed by atoms with Gasteiger partial charge in [0, 0.05) is 5.88 Å². The molecule has 1 heterocycles. The molecule has 0 aliphatic rings. The normalized spacial score (nSPS) is 10.2. The van der Waals surface area contributed by atoms with Gasteiger partial charge in [0.05, 0.1) is 18.1 Å². The molecule has 0 aliphatic carbocycles. The van der Waals surface area contributed by atoms with E-state index in [0.717, 1.165) is 11.3 Å². The quantitative estimate of drug-likeness (QED) is 0.684. The van der Waals surface area contributed by atoms with E-state index >= 15 is 0 Å². The van der Waals surface area contributed by atoms with Crippen LogP contribution in [0.2, 0.25) is 0 Å². The van der Waals surface area contributed by atoms with Gasteiger partial charge in [-0.05, 0) is 17.7 Å². The number of alkyl halides is 1. The zero-order valence-corrected chi connectivity index (χ0v) is 7.65. The van der Waals surface area contributed by atoms with Gasteiger partial charge in [0.15, 0.2) is 0 Å². The fraction of sp³-hybridized carbons (Fsp3) is 0.111. The molecule has 1 aromatic heterocycles. The molecule has 0 fully saturated rings. The third-order valence-electron chi connectivity index (χ3n) is 1.74. The Morgan fingerprint density at radius 3 is 2.23 bits per heavy atom. The summed E-state index contributed by atoms with van der Waals surface area (Å²) >= 11 is 5.67. The van der Waals surface area contributed by atoms with E-state index in [1.807, 2.05) is 24.3 Å². The largest absolute Gasteiger partial charge is 0.157 e. The summed E-state index contributed by atoms with van der Waals surface area (Å²) in [6.45, 7) is 0. The van der Waals surface area contributed by atoms with Gasteiger partial charge in [0.2, 0.25) is 0 Å². The molecule has 2 aromatic rings. The predicted molar refractivity (Wildman–Crippen MR) is 50.9 cm³/mol. The summed E-state index contributed by atoms with van der Waals surface area (Å²) in [7, 11) is 0. The van der Waals surface area contributed by atoms with Crippen LogP contribution in [-0.2, 0) is 5.88 Å². The number of benzene rings is 1. The number of nitrogens with zero attached hydrogens (tertiary/aromatic N) is 3. The molecule has 3 nitrogen and oxygen atoms in total. The number of hydrogen-bond acceptors (Lipinski definition) is 2. The Bertz CT molecular complexity index is 366. The summed E-state index contributed by atoms with van der Waals surface area (Å²) in [5.74, 6) is 0.535. The lowest BCUT2D eigenvalue weighted by Crippen LogP contribution is -1.97. The number of rotatable bonds is 2. The van der Waals surface area contributed by atoms with Crippen molar-refractivity contribution in [2.24, 2.45) is 0 Å². The second-order valence-electron chi connectivity index (χ2n) is 2.62. The Kier molecular flexibility index (Phi) is 2.27. The Hall–Kier alpha value is -1.35. The molecule has 0 atom stereocenters. The summed E-state index contributed by atoms with van der Waals surface area (Å²) in [5.41, 5.74) is 2.04. The van der Waals surface area contributed by atoms with Crippen molar-refractivity contribution < 1.29 is 0 Å². The topological polar surface area (TPSA) is 30.7 Å². The maximum atomic E-state index is 5.67. The second kappa shape index (κ2) is 3.58. The summed E-state index contributed by atoms with van der Waals surface area (Å²) in [5, 5.41) is 8.03. The highest BCUT2D eigenvalue weighted by molar-refractivity contribution is 6.17. The molecule has 0 unspecified atom stereocenters.